The molecule has 2 atom stereocenters. The normalized spacial score (nSPS) is 19.8. The number of rotatable bonds is 4. The molecule has 2 aliphatic rings. The van der Waals surface area contributed by atoms with Gasteiger partial charge in [0.2, 0.25) is 5.91 Å². The summed E-state index contributed by atoms with van der Waals surface area (Å²) in [5.74, 6) is 0.633. The summed E-state index contributed by atoms with van der Waals surface area (Å²) in [6.07, 6.45) is 7.85. The molecule has 4 nitrogen and oxygen atoms in total. The van der Waals surface area contributed by atoms with Gasteiger partial charge in [0, 0.05) is 15.8 Å². The van der Waals surface area contributed by atoms with Crippen molar-refractivity contribution in [3.05, 3.63) is 69.4 Å². The number of nitrogens with zero attached hydrogens (tertiary/aromatic N) is 1. The number of allylic oxidation sites excluding steroid dienone is 3. The lowest BCUT2D eigenvalue weighted by Crippen LogP contribution is -2.46. The second-order valence-corrected chi connectivity index (χ2v) is 7.03. The Morgan fingerprint density at radius 3 is 2.96 bits per heavy atom. The van der Waals surface area contributed by atoms with Crippen molar-refractivity contribution in [3.63, 3.8) is 0 Å². The molecule has 0 fully saturated rings. The van der Waals surface area contributed by atoms with Gasteiger partial charge >= 0.3 is 0 Å². The fraction of sp³-hybridized carbons (Fsp3) is 0.263. The molecule has 0 spiro atoms. The molecule has 0 saturated heterocycles. The third kappa shape index (κ3) is 4.53. The number of aryl methyl sites for hydroxylation is 1. The van der Waals surface area contributed by atoms with Crippen molar-refractivity contribution in [2.45, 2.75) is 32.4 Å². The fourth-order valence-electron chi connectivity index (χ4n) is 2.69. The number of benzene rings is 1. The van der Waals surface area contributed by atoms with E-state index in [1.807, 2.05) is 56.4 Å². The highest BCUT2D eigenvalue weighted by Crippen LogP contribution is 2.19. The lowest BCUT2D eigenvalue weighted by Gasteiger charge is -2.23. The van der Waals surface area contributed by atoms with Gasteiger partial charge in [0.05, 0.1) is 18.5 Å². The minimum atomic E-state index is -0.238. The van der Waals surface area contributed by atoms with Gasteiger partial charge in [-0.15, -0.1) is 0 Å². The molecule has 2 unspecified atom stereocenters. The SMILES string of the molecule is Cc1ccc(CC(=O)NC(C)C2=NC3C=CC(Cl)=CC(=C3)N2)cc1Cl. The van der Waals surface area contributed by atoms with E-state index in [0.29, 0.717) is 15.9 Å². The van der Waals surface area contributed by atoms with Gasteiger partial charge in [0.1, 0.15) is 5.84 Å². The van der Waals surface area contributed by atoms with Crippen molar-refractivity contribution in [2.24, 2.45) is 4.99 Å². The van der Waals surface area contributed by atoms with Gasteiger partial charge in [-0.1, -0.05) is 41.4 Å². The van der Waals surface area contributed by atoms with Gasteiger partial charge in [-0.05, 0) is 49.3 Å². The number of fused-ring (bicyclic) bond motifs is 1. The van der Waals surface area contributed by atoms with Crippen LogP contribution < -0.4 is 10.6 Å². The largest absolute Gasteiger partial charge is 0.346 e. The van der Waals surface area contributed by atoms with E-state index in [2.05, 4.69) is 15.6 Å². The van der Waals surface area contributed by atoms with E-state index in [-0.39, 0.29) is 24.4 Å². The van der Waals surface area contributed by atoms with Crippen LogP contribution in [0.15, 0.2) is 58.2 Å². The highest BCUT2D eigenvalue weighted by atomic mass is 35.5. The zero-order valence-electron chi connectivity index (χ0n) is 14.0. The average molecular weight is 376 g/mol. The quantitative estimate of drug-likeness (QED) is 0.843. The highest BCUT2D eigenvalue weighted by molar-refractivity contribution is 6.31. The van der Waals surface area contributed by atoms with Gasteiger partial charge in [0.15, 0.2) is 0 Å². The molecule has 1 amide bonds. The lowest BCUT2D eigenvalue weighted by atomic mass is 10.1. The highest BCUT2D eigenvalue weighted by Gasteiger charge is 2.20. The topological polar surface area (TPSA) is 53.5 Å². The first-order valence-electron chi connectivity index (χ1n) is 8.07. The molecular weight excluding hydrogens is 357 g/mol. The van der Waals surface area contributed by atoms with Crippen LogP contribution in [0.5, 0.6) is 0 Å². The molecule has 1 heterocycles. The Bertz CT molecular complexity index is 824. The van der Waals surface area contributed by atoms with Gasteiger partial charge in [-0.2, -0.15) is 0 Å². The average Bonchev–Trinajstić information content (AvgIpc) is 2.68. The Balaban J connectivity index is 1.63. The Morgan fingerprint density at radius 2 is 2.20 bits per heavy atom. The van der Waals surface area contributed by atoms with Crippen LogP contribution in [-0.2, 0) is 11.2 Å². The minimum Gasteiger partial charge on any atom is -0.346 e. The van der Waals surface area contributed by atoms with Crippen molar-refractivity contribution in [1.82, 2.24) is 10.6 Å². The van der Waals surface area contributed by atoms with E-state index in [1.54, 1.807) is 0 Å². The van der Waals surface area contributed by atoms with E-state index < -0.39 is 0 Å². The molecule has 25 heavy (non-hydrogen) atoms. The predicted molar refractivity (Wildman–Crippen MR) is 103 cm³/mol. The van der Waals surface area contributed by atoms with Crippen molar-refractivity contribution in [1.29, 1.82) is 0 Å². The van der Waals surface area contributed by atoms with Crippen molar-refractivity contribution >= 4 is 34.9 Å². The Labute approximate surface area is 157 Å². The van der Waals surface area contributed by atoms with Crippen LogP contribution in [0.4, 0.5) is 0 Å². The van der Waals surface area contributed by atoms with Crippen LogP contribution in [-0.4, -0.2) is 23.8 Å². The lowest BCUT2D eigenvalue weighted by molar-refractivity contribution is -0.120. The first-order valence-corrected chi connectivity index (χ1v) is 8.82. The molecule has 1 aromatic rings. The first-order chi connectivity index (χ1) is 11.9. The molecule has 1 aliphatic heterocycles. The van der Waals surface area contributed by atoms with E-state index in [9.17, 15) is 4.79 Å². The van der Waals surface area contributed by atoms with Crippen LogP contribution in [0.2, 0.25) is 5.02 Å². The number of hydrogen-bond acceptors (Lipinski definition) is 3. The predicted octanol–water partition coefficient (Wildman–Crippen LogP) is 3.64. The smallest absolute Gasteiger partial charge is 0.224 e. The van der Waals surface area contributed by atoms with E-state index in [4.69, 9.17) is 23.2 Å². The second kappa shape index (κ2) is 7.46. The molecule has 6 heteroatoms. The van der Waals surface area contributed by atoms with Gasteiger partial charge < -0.3 is 10.6 Å². The second-order valence-electron chi connectivity index (χ2n) is 6.19. The van der Waals surface area contributed by atoms with Crippen LogP contribution in [0, 0.1) is 6.92 Å². The van der Waals surface area contributed by atoms with E-state index in [0.717, 1.165) is 16.8 Å². The number of amidine groups is 1. The third-order valence-corrected chi connectivity index (χ3v) is 4.69. The Hall–Kier alpha value is -2.04. The fourth-order valence-corrected chi connectivity index (χ4v) is 3.08. The maximum Gasteiger partial charge on any atom is 0.224 e. The molecular formula is C19H19Cl2N3O. The number of carbonyl (C=O) groups is 1. The molecule has 1 aromatic carbocycles. The summed E-state index contributed by atoms with van der Waals surface area (Å²) in [6.45, 7) is 3.84. The molecule has 0 radical (unpaired) electrons. The Morgan fingerprint density at radius 1 is 1.40 bits per heavy atom. The summed E-state index contributed by atoms with van der Waals surface area (Å²) in [6, 6.07) is 5.35. The van der Waals surface area contributed by atoms with Crippen LogP contribution >= 0.6 is 23.2 Å². The van der Waals surface area contributed by atoms with Crippen LogP contribution in [0.1, 0.15) is 18.1 Å². The zero-order valence-corrected chi connectivity index (χ0v) is 15.5. The molecule has 130 valence electrons. The summed E-state index contributed by atoms with van der Waals surface area (Å²) in [4.78, 5) is 16.9. The maximum atomic E-state index is 12.3. The number of carbonyl (C=O) groups excluding carboxylic acids is 1. The zero-order chi connectivity index (χ0) is 18.0. The van der Waals surface area contributed by atoms with Gasteiger partial charge in [0.25, 0.3) is 0 Å². The summed E-state index contributed by atoms with van der Waals surface area (Å²) in [5.41, 5.74) is 2.76. The molecule has 0 aromatic heterocycles. The number of hydrogen-bond donors (Lipinski definition) is 2. The Kier molecular flexibility index (Phi) is 5.30. The van der Waals surface area contributed by atoms with Gasteiger partial charge in [-0.3, -0.25) is 9.79 Å². The molecule has 3 rings (SSSR count). The maximum absolute atomic E-state index is 12.3. The summed E-state index contributed by atoms with van der Waals surface area (Å²) >= 11 is 12.2. The number of aliphatic imine (C=N–C) groups is 1. The standard InChI is InChI=1S/C19H19Cl2N3O/c1-11-3-4-13(7-17(11)21)8-18(25)22-12(2)19-23-15-6-5-14(20)9-16(10-15)24-19/h3-7,9-10,12,15H,8H2,1-2H3,(H,22,25)(H,23,24). The summed E-state index contributed by atoms with van der Waals surface area (Å²) in [5, 5.41) is 7.50. The molecule has 2 bridgehead atoms. The van der Waals surface area contributed by atoms with Crippen LogP contribution in [0.25, 0.3) is 0 Å². The number of halogens is 2. The van der Waals surface area contributed by atoms with E-state index in [1.165, 1.54) is 0 Å². The molecule has 0 saturated carbocycles. The summed E-state index contributed by atoms with van der Waals surface area (Å²) < 4.78 is 0. The van der Waals surface area contributed by atoms with Crippen molar-refractivity contribution in [2.75, 3.05) is 0 Å². The minimum absolute atomic E-state index is 0.0750. The first kappa shape index (κ1) is 17.8. The summed E-state index contributed by atoms with van der Waals surface area (Å²) in [7, 11) is 0. The molecule has 2 N–H and O–H groups in total. The van der Waals surface area contributed by atoms with Crippen LogP contribution in [0.3, 0.4) is 0 Å². The number of nitrogens with one attached hydrogen (secondary N) is 2. The number of amides is 1. The van der Waals surface area contributed by atoms with Gasteiger partial charge in [-0.25, -0.2) is 0 Å². The van der Waals surface area contributed by atoms with E-state index >= 15 is 0 Å². The third-order valence-electron chi connectivity index (χ3n) is 4.05. The van der Waals surface area contributed by atoms with Crippen molar-refractivity contribution in [3.8, 4) is 0 Å². The van der Waals surface area contributed by atoms with Crippen molar-refractivity contribution < 1.29 is 4.79 Å². The molecule has 1 aliphatic carbocycles. The monoisotopic (exact) mass is 375 g/mol.